The van der Waals surface area contributed by atoms with Gasteiger partial charge in [0.1, 0.15) is 6.07 Å². The molecule has 0 atom stereocenters. The van der Waals surface area contributed by atoms with Crippen molar-refractivity contribution in [2.24, 2.45) is 0 Å². The van der Waals surface area contributed by atoms with Crippen LogP contribution in [-0.2, 0) is 0 Å². The first kappa shape index (κ1) is 11.0. The van der Waals surface area contributed by atoms with Crippen LogP contribution in [0.4, 0.5) is 0 Å². The van der Waals surface area contributed by atoms with Crippen LogP contribution in [0.3, 0.4) is 0 Å². The van der Waals surface area contributed by atoms with Crippen LogP contribution in [0.5, 0.6) is 11.5 Å². The number of ether oxygens (including phenoxy) is 2. The summed E-state index contributed by atoms with van der Waals surface area (Å²) in [7, 11) is 3.15. The minimum Gasteiger partial charge on any atom is -0.493 e. The van der Waals surface area contributed by atoms with E-state index >= 15 is 0 Å². The van der Waals surface area contributed by atoms with Crippen molar-refractivity contribution in [1.29, 1.82) is 5.26 Å². The zero-order valence-electron chi connectivity index (χ0n) is 9.52. The molecule has 0 bridgehead atoms. The Hall–Kier alpha value is -2.48. The Morgan fingerprint density at radius 3 is 2.65 bits per heavy atom. The van der Waals surface area contributed by atoms with Crippen LogP contribution < -0.4 is 9.47 Å². The number of methoxy groups -OCH3 is 2. The molecule has 1 N–H and O–H groups in total. The number of nitrogens with zero attached hydrogens (tertiary/aromatic N) is 2. The summed E-state index contributed by atoms with van der Waals surface area (Å²) in [6.07, 6.45) is 1.49. The third-order valence-corrected chi connectivity index (χ3v) is 2.42. The maximum atomic E-state index is 8.91. The minimum atomic E-state index is 0.359. The number of nitrogens with one attached hydrogen (secondary N) is 1. The topological polar surface area (TPSA) is 70.9 Å². The monoisotopic (exact) mass is 229 g/mol. The van der Waals surface area contributed by atoms with Crippen molar-refractivity contribution in [1.82, 2.24) is 9.97 Å². The van der Waals surface area contributed by atoms with Gasteiger partial charge in [-0.2, -0.15) is 5.26 Å². The lowest BCUT2D eigenvalue weighted by atomic mass is 10.1. The first-order valence-corrected chi connectivity index (χ1v) is 4.96. The van der Waals surface area contributed by atoms with Gasteiger partial charge in [-0.05, 0) is 18.2 Å². The second-order valence-corrected chi connectivity index (χ2v) is 3.31. The molecule has 5 nitrogen and oxygen atoms in total. The van der Waals surface area contributed by atoms with Crippen molar-refractivity contribution in [3.63, 3.8) is 0 Å². The van der Waals surface area contributed by atoms with E-state index in [-0.39, 0.29) is 0 Å². The van der Waals surface area contributed by atoms with Crippen LogP contribution in [0.1, 0.15) is 5.69 Å². The number of hydrogen-bond acceptors (Lipinski definition) is 4. The lowest BCUT2D eigenvalue weighted by Crippen LogP contribution is -1.91. The van der Waals surface area contributed by atoms with E-state index in [9.17, 15) is 0 Å². The molecule has 1 heterocycles. The number of aromatic amines is 1. The molecule has 1 aromatic carbocycles. The molecule has 2 rings (SSSR count). The van der Waals surface area contributed by atoms with E-state index in [4.69, 9.17) is 14.7 Å². The maximum absolute atomic E-state index is 8.91. The standard InChI is InChI=1S/C12H11N3O2/c1-16-10-4-3-8(5-11(10)17-2)12-9(6-13)14-7-15-12/h3-5,7H,1-2H3,(H,14,15). The second kappa shape index (κ2) is 4.58. The zero-order chi connectivity index (χ0) is 12.3. The van der Waals surface area contributed by atoms with E-state index in [0.29, 0.717) is 22.9 Å². The van der Waals surface area contributed by atoms with Gasteiger partial charge in [0, 0.05) is 5.56 Å². The Labute approximate surface area is 98.6 Å². The van der Waals surface area contributed by atoms with Crippen molar-refractivity contribution in [3.05, 3.63) is 30.2 Å². The fourth-order valence-electron chi connectivity index (χ4n) is 1.59. The minimum absolute atomic E-state index is 0.359. The van der Waals surface area contributed by atoms with Gasteiger partial charge in [-0.25, -0.2) is 4.98 Å². The molecule has 5 heteroatoms. The van der Waals surface area contributed by atoms with E-state index in [0.717, 1.165) is 5.56 Å². The summed E-state index contributed by atoms with van der Waals surface area (Å²) in [6.45, 7) is 0. The fourth-order valence-corrected chi connectivity index (χ4v) is 1.59. The highest BCUT2D eigenvalue weighted by molar-refractivity contribution is 5.68. The summed E-state index contributed by atoms with van der Waals surface area (Å²) in [5, 5.41) is 8.91. The highest BCUT2D eigenvalue weighted by atomic mass is 16.5. The molecule has 0 spiro atoms. The lowest BCUT2D eigenvalue weighted by Gasteiger charge is -2.08. The highest BCUT2D eigenvalue weighted by Crippen LogP contribution is 2.32. The summed E-state index contributed by atoms with van der Waals surface area (Å²) < 4.78 is 10.4. The number of imidazole rings is 1. The molecule has 0 aliphatic heterocycles. The molecular formula is C12H11N3O2. The van der Waals surface area contributed by atoms with E-state index in [2.05, 4.69) is 9.97 Å². The molecule has 86 valence electrons. The number of benzene rings is 1. The predicted molar refractivity (Wildman–Crippen MR) is 61.8 cm³/mol. The number of rotatable bonds is 3. The Morgan fingerprint density at radius 2 is 2.00 bits per heavy atom. The second-order valence-electron chi connectivity index (χ2n) is 3.31. The van der Waals surface area contributed by atoms with Crippen LogP contribution in [0.15, 0.2) is 24.5 Å². The van der Waals surface area contributed by atoms with E-state index in [1.165, 1.54) is 6.33 Å². The average Bonchev–Trinajstić information content (AvgIpc) is 2.86. The molecule has 0 aliphatic carbocycles. The van der Waals surface area contributed by atoms with Crippen molar-refractivity contribution in [3.8, 4) is 28.8 Å². The molecular weight excluding hydrogens is 218 g/mol. The zero-order valence-corrected chi connectivity index (χ0v) is 9.52. The van der Waals surface area contributed by atoms with Gasteiger partial charge in [-0.1, -0.05) is 0 Å². The smallest absolute Gasteiger partial charge is 0.166 e. The van der Waals surface area contributed by atoms with Gasteiger partial charge in [0.05, 0.1) is 26.2 Å². The van der Waals surface area contributed by atoms with Crippen LogP contribution in [-0.4, -0.2) is 24.2 Å². The molecule has 17 heavy (non-hydrogen) atoms. The summed E-state index contributed by atoms with van der Waals surface area (Å²) in [5.41, 5.74) is 1.86. The van der Waals surface area contributed by atoms with Crippen LogP contribution in [0.25, 0.3) is 11.3 Å². The van der Waals surface area contributed by atoms with Crippen molar-refractivity contribution in [2.45, 2.75) is 0 Å². The molecule has 0 radical (unpaired) electrons. The molecule has 0 aliphatic rings. The Bertz CT molecular complexity index is 569. The normalized spacial score (nSPS) is 9.71. The Kier molecular flexibility index (Phi) is 2.97. The van der Waals surface area contributed by atoms with E-state index in [1.807, 2.05) is 12.1 Å². The largest absolute Gasteiger partial charge is 0.493 e. The first-order valence-electron chi connectivity index (χ1n) is 4.96. The van der Waals surface area contributed by atoms with Crippen molar-refractivity contribution >= 4 is 0 Å². The predicted octanol–water partition coefficient (Wildman–Crippen LogP) is 1.97. The van der Waals surface area contributed by atoms with Crippen LogP contribution in [0, 0.1) is 11.3 Å². The van der Waals surface area contributed by atoms with Gasteiger partial charge in [-0.3, -0.25) is 0 Å². The van der Waals surface area contributed by atoms with Crippen molar-refractivity contribution in [2.75, 3.05) is 14.2 Å². The molecule has 0 amide bonds. The fraction of sp³-hybridized carbons (Fsp3) is 0.167. The molecule has 2 aromatic rings. The van der Waals surface area contributed by atoms with Crippen LogP contribution in [0.2, 0.25) is 0 Å². The van der Waals surface area contributed by atoms with Gasteiger partial charge in [0.2, 0.25) is 0 Å². The molecule has 0 saturated carbocycles. The number of H-pyrrole nitrogens is 1. The summed E-state index contributed by atoms with van der Waals surface area (Å²) >= 11 is 0. The quantitative estimate of drug-likeness (QED) is 0.873. The average molecular weight is 229 g/mol. The SMILES string of the molecule is COc1ccc(-c2[nH]cnc2C#N)cc1OC. The lowest BCUT2D eigenvalue weighted by molar-refractivity contribution is 0.355. The van der Waals surface area contributed by atoms with Gasteiger partial charge in [0.15, 0.2) is 17.2 Å². The Morgan fingerprint density at radius 1 is 1.24 bits per heavy atom. The van der Waals surface area contributed by atoms with Gasteiger partial charge in [-0.15, -0.1) is 0 Å². The van der Waals surface area contributed by atoms with Gasteiger partial charge in [0.25, 0.3) is 0 Å². The molecule has 1 aromatic heterocycles. The molecule has 0 fully saturated rings. The highest BCUT2D eigenvalue weighted by Gasteiger charge is 2.11. The number of aromatic nitrogens is 2. The first-order chi connectivity index (χ1) is 8.30. The third-order valence-electron chi connectivity index (χ3n) is 2.42. The van der Waals surface area contributed by atoms with E-state index in [1.54, 1.807) is 26.4 Å². The summed E-state index contributed by atoms with van der Waals surface area (Å²) in [6, 6.07) is 7.46. The summed E-state index contributed by atoms with van der Waals surface area (Å²) in [5.74, 6) is 1.26. The maximum Gasteiger partial charge on any atom is 0.166 e. The van der Waals surface area contributed by atoms with Crippen LogP contribution >= 0.6 is 0 Å². The molecule has 0 saturated heterocycles. The number of hydrogen-bond donors (Lipinski definition) is 1. The summed E-state index contributed by atoms with van der Waals surface area (Å²) in [4.78, 5) is 6.85. The number of nitriles is 1. The Balaban J connectivity index is 2.51. The van der Waals surface area contributed by atoms with Crippen molar-refractivity contribution < 1.29 is 9.47 Å². The molecule has 0 unspecified atom stereocenters. The van der Waals surface area contributed by atoms with E-state index < -0.39 is 0 Å². The third kappa shape index (κ3) is 1.93. The van der Waals surface area contributed by atoms with Gasteiger partial charge >= 0.3 is 0 Å². The van der Waals surface area contributed by atoms with Gasteiger partial charge < -0.3 is 14.5 Å².